The van der Waals surface area contributed by atoms with Crippen molar-refractivity contribution in [3.8, 4) is 11.5 Å². The Morgan fingerprint density at radius 3 is 2.50 bits per heavy atom. The van der Waals surface area contributed by atoms with Crippen LogP contribution in [0.3, 0.4) is 0 Å². The molecule has 0 bridgehead atoms. The van der Waals surface area contributed by atoms with Gasteiger partial charge < -0.3 is 9.47 Å². The number of carbonyl (C=O) groups is 1. The third kappa shape index (κ3) is 2.67. The Kier molecular flexibility index (Phi) is 4.39. The second kappa shape index (κ2) is 6.05. The van der Waals surface area contributed by atoms with Crippen LogP contribution in [0.1, 0.15) is 15.9 Å². The van der Waals surface area contributed by atoms with Crippen LogP contribution in [0.2, 0.25) is 0 Å². The molecule has 3 nitrogen and oxygen atoms in total. The monoisotopic (exact) mass is 338 g/mol. The SMILES string of the molecule is COc1ccc(C(=O)c2c(F)cccc2Br)c(OC)c1. The Bertz CT molecular complexity index is 635. The van der Waals surface area contributed by atoms with Crippen molar-refractivity contribution in [3.63, 3.8) is 0 Å². The highest BCUT2D eigenvalue weighted by molar-refractivity contribution is 9.10. The van der Waals surface area contributed by atoms with Crippen LogP contribution in [0.15, 0.2) is 40.9 Å². The summed E-state index contributed by atoms with van der Waals surface area (Å²) in [5, 5.41) is 0. The van der Waals surface area contributed by atoms with Crippen molar-refractivity contribution in [2.45, 2.75) is 0 Å². The smallest absolute Gasteiger partial charge is 0.200 e. The molecule has 0 spiro atoms. The van der Waals surface area contributed by atoms with E-state index in [0.29, 0.717) is 16.0 Å². The molecule has 0 aliphatic rings. The lowest BCUT2D eigenvalue weighted by Crippen LogP contribution is -2.07. The Morgan fingerprint density at radius 2 is 1.90 bits per heavy atom. The van der Waals surface area contributed by atoms with Crippen molar-refractivity contribution >= 4 is 21.7 Å². The first kappa shape index (κ1) is 14.5. The van der Waals surface area contributed by atoms with E-state index in [2.05, 4.69) is 15.9 Å². The molecule has 20 heavy (non-hydrogen) atoms. The number of benzene rings is 2. The molecule has 0 radical (unpaired) electrons. The van der Waals surface area contributed by atoms with Gasteiger partial charge >= 0.3 is 0 Å². The maximum absolute atomic E-state index is 13.9. The normalized spacial score (nSPS) is 10.2. The lowest BCUT2D eigenvalue weighted by molar-refractivity contribution is 0.103. The van der Waals surface area contributed by atoms with Gasteiger partial charge in [-0.25, -0.2) is 4.39 Å². The molecule has 0 aromatic heterocycles. The Morgan fingerprint density at radius 1 is 1.15 bits per heavy atom. The predicted molar refractivity (Wildman–Crippen MR) is 77.1 cm³/mol. The van der Waals surface area contributed by atoms with Gasteiger partial charge in [0.1, 0.15) is 17.3 Å². The zero-order valence-corrected chi connectivity index (χ0v) is 12.5. The molecule has 2 aromatic carbocycles. The van der Waals surface area contributed by atoms with Gasteiger partial charge in [-0.1, -0.05) is 6.07 Å². The maximum atomic E-state index is 13.9. The number of methoxy groups -OCH3 is 2. The number of ether oxygens (including phenoxy) is 2. The van der Waals surface area contributed by atoms with Gasteiger partial charge in [0.25, 0.3) is 0 Å². The minimum Gasteiger partial charge on any atom is -0.497 e. The quantitative estimate of drug-likeness (QED) is 0.794. The molecule has 5 heteroatoms. The van der Waals surface area contributed by atoms with Gasteiger partial charge in [-0.05, 0) is 40.2 Å². The fourth-order valence-corrected chi connectivity index (χ4v) is 2.36. The van der Waals surface area contributed by atoms with Crippen LogP contribution in [-0.4, -0.2) is 20.0 Å². The molecule has 104 valence electrons. The van der Waals surface area contributed by atoms with Crippen LogP contribution in [0.4, 0.5) is 4.39 Å². The summed E-state index contributed by atoms with van der Waals surface area (Å²) < 4.78 is 24.5. The second-order valence-electron chi connectivity index (χ2n) is 3.99. The molecule has 0 unspecified atom stereocenters. The fourth-order valence-electron chi connectivity index (χ4n) is 1.84. The molecule has 2 aromatic rings. The zero-order valence-electron chi connectivity index (χ0n) is 10.9. The van der Waals surface area contributed by atoms with E-state index in [4.69, 9.17) is 9.47 Å². The first-order valence-electron chi connectivity index (χ1n) is 5.79. The van der Waals surface area contributed by atoms with E-state index < -0.39 is 11.6 Å². The van der Waals surface area contributed by atoms with E-state index in [1.54, 1.807) is 24.3 Å². The van der Waals surface area contributed by atoms with E-state index in [1.807, 2.05) is 0 Å². The molecule has 0 aliphatic heterocycles. The van der Waals surface area contributed by atoms with Gasteiger partial charge in [0.2, 0.25) is 5.78 Å². The average molecular weight is 339 g/mol. The highest BCUT2D eigenvalue weighted by Crippen LogP contribution is 2.30. The van der Waals surface area contributed by atoms with Crippen LogP contribution >= 0.6 is 15.9 Å². The summed E-state index contributed by atoms with van der Waals surface area (Å²) in [6.45, 7) is 0. The topological polar surface area (TPSA) is 35.5 Å². The van der Waals surface area contributed by atoms with Crippen molar-refractivity contribution < 1.29 is 18.7 Å². The summed E-state index contributed by atoms with van der Waals surface area (Å²) in [6.07, 6.45) is 0. The third-order valence-electron chi connectivity index (χ3n) is 2.84. The molecular weight excluding hydrogens is 327 g/mol. The standard InChI is InChI=1S/C15H12BrFO3/c1-19-9-6-7-10(13(8-9)20-2)15(18)14-11(16)4-3-5-12(14)17/h3-8H,1-2H3. The fraction of sp³-hybridized carbons (Fsp3) is 0.133. The van der Waals surface area contributed by atoms with Gasteiger partial charge in [-0.3, -0.25) is 4.79 Å². The van der Waals surface area contributed by atoms with Crippen molar-refractivity contribution in [2.75, 3.05) is 14.2 Å². The molecule has 0 N–H and O–H groups in total. The van der Waals surface area contributed by atoms with E-state index >= 15 is 0 Å². The number of ketones is 1. The van der Waals surface area contributed by atoms with Gasteiger partial charge in [0, 0.05) is 10.5 Å². The summed E-state index contributed by atoms with van der Waals surface area (Å²) >= 11 is 3.19. The van der Waals surface area contributed by atoms with Crippen LogP contribution in [-0.2, 0) is 0 Å². The molecule has 0 saturated heterocycles. The molecule has 0 fully saturated rings. The molecular formula is C15H12BrFO3. The van der Waals surface area contributed by atoms with Crippen molar-refractivity contribution in [3.05, 3.63) is 57.8 Å². The minimum atomic E-state index is -0.581. The van der Waals surface area contributed by atoms with Gasteiger partial charge in [-0.2, -0.15) is 0 Å². The number of carbonyl (C=O) groups excluding carboxylic acids is 1. The van der Waals surface area contributed by atoms with Crippen LogP contribution in [0.5, 0.6) is 11.5 Å². The molecule has 2 rings (SSSR count). The molecule has 0 aliphatic carbocycles. The zero-order chi connectivity index (χ0) is 14.7. The summed E-state index contributed by atoms with van der Waals surface area (Å²) in [6, 6.07) is 9.16. The van der Waals surface area contributed by atoms with Crippen molar-refractivity contribution in [1.29, 1.82) is 0 Å². The summed E-state index contributed by atoms with van der Waals surface area (Å²) in [7, 11) is 2.96. The minimum absolute atomic E-state index is 0.0176. The second-order valence-corrected chi connectivity index (χ2v) is 4.85. The Hall–Kier alpha value is -1.88. The van der Waals surface area contributed by atoms with E-state index in [1.165, 1.54) is 26.4 Å². The largest absolute Gasteiger partial charge is 0.497 e. The van der Waals surface area contributed by atoms with Gasteiger partial charge in [0.15, 0.2) is 0 Å². The number of halogens is 2. The van der Waals surface area contributed by atoms with Crippen molar-refractivity contribution in [2.24, 2.45) is 0 Å². The summed E-state index contributed by atoms with van der Waals surface area (Å²) in [5.74, 6) is -0.132. The van der Waals surface area contributed by atoms with Crippen LogP contribution in [0.25, 0.3) is 0 Å². The number of rotatable bonds is 4. The van der Waals surface area contributed by atoms with Gasteiger partial charge in [0.05, 0.1) is 25.3 Å². The van der Waals surface area contributed by atoms with Crippen molar-refractivity contribution in [1.82, 2.24) is 0 Å². The van der Waals surface area contributed by atoms with Crippen LogP contribution < -0.4 is 9.47 Å². The molecule has 0 amide bonds. The Balaban J connectivity index is 2.54. The molecule has 0 saturated carbocycles. The highest BCUT2D eigenvalue weighted by Gasteiger charge is 2.21. The van der Waals surface area contributed by atoms with E-state index in [9.17, 15) is 9.18 Å². The predicted octanol–water partition coefficient (Wildman–Crippen LogP) is 3.84. The highest BCUT2D eigenvalue weighted by atomic mass is 79.9. The Labute approximate surface area is 124 Å². The number of hydrogen-bond acceptors (Lipinski definition) is 3. The molecule has 0 heterocycles. The first-order chi connectivity index (χ1) is 9.58. The van der Waals surface area contributed by atoms with Crippen LogP contribution in [0, 0.1) is 5.82 Å². The van der Waals surface area contributed by atoms with E-state index in [-0.39, 0.29) is 11.1 Å². The lowest BCUT2D eigenvalue weighted by atomic mass is 10.0. The van der Waals surface area contributed by atoms with Gasteiger partial charge in [-0.15, -0.1) is 0 Å². The average Bonchev–Trinajstić information content (AvgIpc) is 2.46. The summed E-state index contributed by atoms with van der Waals surface area (Å²) in [4.78, 5) is 12.5. The summed E-state index contributed by atoms with van der Waals surface area (Å²) in [5.41, 5.74) is 0.259. The van der Waals surface area contributed by atoms with E-state index in [0.717, 1.165) is 0 Å². The third-order valence-corrected chi connectivity index (χ3v) is 3.50. The lowest BCUT2D eigenvalue weighted by Gasteiger charge is -2.11. The first-order valence-corrected chi connectivity index (χ1v) is 6.58. The number of hydrogen-bond donors (Lipinski definition) is 0. The molecule has 0 atom stereocenters. The maximum Gasteiger partial charge on any atom is 0.200 e.